The highest BCUT2D eigenvalue weighted by atomic mass is 16.5. The van der Waals surface area contributed by atoms with Crippen molar-refractivity contribution >= 4 is 17.9 Å². The first-order chi connectivity index (χ1) is 8.65. The molecule has 0 amide bonds. The van der Waals surface area contributed by atoms with E-state index in [9.17, 15) is 4.79 Å². The number of nitrogens with one attached hydrogen (secondary N) is 2. The van der Waals surface area contributed by atoms with E-state index in [0.29, 0.717) is 31.4 Å². The van der Waals surface area contributed by atoms with Crippen LogP contribution in [0.25, 0.3) is 0 Å². The third kappa shape index (κ3) is 4.81. The molecule has 0 aliphatic rings. The molecule has 0 fully saturated rings. The first-order valence-corrected chi connectivity index (χ1v) is 5.65. The summed E-state index contributed by atoms with van der Waals surface area (Å²) < 4.78 is 4.95. The molecule has 8 nitrogen and oxygen atoms in total. The third-order valence-electron chi connectivity index (χ3n) is 1.98. The fraction of sp³-hybridized carbons (Fsp3) is 0.600. The highest BCUT2D eigenvalue weighted by Gasteiger charge is 2.05. The zero-order valence-corrected chi connectivity index (χ0v) is 10.4. The summed E-state index contributed by atoms with van der Waals surface area (Å²) in [5, 5.41) is 14.4. The van der Waals surface area contributed by atoms with Crippen molar-refractivity contribution in [1.82, 2.24) is 15.0 Å². The largest absolute Gasteiger partial charge is 0.481 e. The summed E-state index contributed by atoms with van der Waals surface area (Å²) in [6, 6.07) is 0.210. The second kappa shape index (κ2) is 7.25. The first kappa shape index (κ1) is 13.9. The SMILES string of the molecule is CCNc1nc(NCCCC(=O)O)nc(OC)n1. The average molecular weight is 255 g/mol. The van der Waals surface area contributed by atoms with Gasteiger partial charge in [-0.15, -0.1) is 0 Å². The summed E-state index contributed by atoms with van der Waals surface area (Å²) in [6.07, 6.45) is 0.606. The summed E-state index contributed by atoms with van der Waals surface area (Å²) in [4.78, 5) is 22.5. The Morgan fingerprint density at radius 2 is 1.94 bits per heavy atom. The maximum absolute atomic E-state index is 10.4. The highest BCUT2D eigenvalue weighted by Crippen LogP contribution is 2.10. The fourth-order valence-electron chi connectivity index (χ4n) is 1.20. The summed E-state index contributed by atoms with van der Waals surface area (Å²) in [5.74, 6) is -0.0355. The number of hydrogen-bond donors (Lipinski definition) is 3. The molecule has 0 spiro atoms. The molecule has 0 aliphatic heterocycles. The number of carbonyl (C=O) groups is 1. The predicted molar refractivity (Wildman–Crippen MR) is 65.9 cm³/mol. The number of methoxy groups -OCH3 is 1. The number of carboxylic acid groups (broad SMARTS) is 1. The van der Waals surface area contributed by atoms with Gasteiger partial charge in [0.1, 0.15) is 0 Å². The molecule has 1 aromatic rings. The smallest absolute Gasteiger partial charge is 0.322 e. The van der Waals surface area contributed by atoms with E-state index in [4.69, 9.17) is 9.84 Å². The van der Waals surface area contributed by atoms with Crippen molar-refractivity contribution < 1.29 is 14.6 Å². The van der Waals surface area contributed by atoms with Crippen molar-refractivity contribution in [3.05, 3.63) is 0 Å². The molecule has 1 aromatic heterocycles. The van der Waals surface area contributed by atoms with Crippen LogP contribution in [0, 0.1) is 0 Å². The molecule has 1 rings (SSSR count). The summed E-state index contributed by atoms with van der Waals surface area (Å²) in [6.45, 7) is 3.09. The van der Waals surface area contributed by atoms with E-state index in [2.05, 4.69) is 25.6 Å². The lowest BCUT2D eigenvalue weighted by molar-refractivity contribution is -0.137. The molecule has 8 heteroatoms. The molecule has 0 aromatic carbocycles. The molecule has 1 heterocycles. The molecule has 0 aliphatic carbocycles. The standard InChI is InChI=1S/C10H17N5O3/c1-3-11-8-13-9(15-10(14-8)18-2)12-6-4-5-7(16)17/h3-6H2,1-2H3,(H,16,17)(H2,11,12,13,14,15). The monoisotopic (exact) mass is 255 g/mol. The van der Waals surface area contributed by atoms with Crippen molar-refractivity contribution in [2.24, 2.45) is 0 Å². The van der Waals surface area contributed by atoms with Crippen LogP contribution in [0.3, 0.4) is 0 Å². The number of anilines is 2. The van der Waals surface area contributed by atoms with Crippen LogP contribution >= 0.6 is 0 Å². The van der Waals surface area contributed by atoms with E-state index in [1.165, 1.54) is 7.11 Å². The molecule has 3 N–H and O–H groups in total. The summed E-state index contributed by atoms with van der Waals surface area (Å²) in [5.41, 5.74) is 0. The Hall–Kier alpha value is -2.12. The Bertz CT molecular complexity index is 399. The van der Waals surface area contributed by atoms with Gasteiger partial charge in [0.15, 0.2) is 0 Å². The topological polar surface area (TPSA) is 109 Å². The lowest BCUT2D eigenvalue weighted by atomic mass is 10.3. The van der Waals surface area contributed by atoms with Gasteiger partial charge in [0.25, 0.3) is 0 Å². The lowest BCUT2D eigenvalue weighted by Gasteiger charge is -2.07. The number of aromatic nitrogens is 3. The molecule has 0 bridgehead atoms. The average Bonchev–Trinajstić information content (AvgIpc) is 2.34. The molecule has 100 valence electrons. The molecule has 0 saturated heterocycles. The van der Waals surface area contributed by atoms with Crippen molar-refractivity contribution in [2.75, 3.05) is 30.8 Å². The number of nitrogens with zero attached hydrogens (tertiary/aromatic N) is 3. The number of rotatable bonds is 8. The van der Waals surface area contributed by atoms with Gasteiger partial charge in [-0.25, -0.2) is 0 Å². The Balaban J connectivity index is 2.57. The van der Waals surface area contributed by atoms with Gasteiger partial charge < -0.3 is 20.5 Å². The zero-order chi connectivity index (χ0) is 13.4. The second-order valence-corrected chi connectivity index (χ2v) is 3.42. The Kier molecular flexibility index (Phi) is 5.62. The molecule has 18 heavy (non-hydrogen) atoms. The normalized spacial score (nSPS) is 9.89. The maximum Gasteiger partial charge on any atom is 0.322 e. The van der Waals surface area contributed by atoms with Gasteiger partial charge in [0.2, 0.25) is 11.9 Å². The van der Waals surface area contributed by atoms with Gasteiger partial charge in [0, 0.05) is 19.5 Å². The molecular formula is C10H17N5O3. The molecule has 0 radical (unpaired) electrons. The first-order valence-electron chi connectivity index (χ1n) is 5.65. The van der Waals surface area contributed by atoms with Gasteiger partial charge in [-0.1, -0.05) is 0 Å². The summed E-state index contributed by atoms with van der Waals surface area (Å²) >= 11 is 0. The number of aliphatic carboxylic acids is 1. The van der Waals surface area contributed by atoms with Gasteiger partial charge in [-0.3, -0.25) is 4.79 Å². The van der Waals surface area contributed by atoms with Gasteiger partial charge in [-0.05, 0) is 13.3 Å². The minimum atomic E-state index is -0.821. The Morgan fingerprint density at radius 3 is 2.50 bits per heavy atom. The van der Waals surface area contributed by atoms with E-state index in [1.807, 2.05) is 6.92 Å². The fourth-order valence-corrected chi connectivity index (χ4v) is 1.20. The quantitative estimate of drug-likeness (QED) is 0.579. The van der Waals surface area contributed by atoms with E-state index in [1.54, 1.807) is 0 Å². The molecule has 0 saturated carbocycles. The van der Waals surface area contributed by atoms with E-state index >= 15 is 0 Å². The van der Waals surface area contributed by atoms with E-state index < -0.39 is 5.97 Å². The van der Waals surface area contributed by atoms with Crippen molar-refractivity contribution in [3.63, 3.8) is 0 Å². The summed E-state index contributed by atoms with van der Waals surface area (Å²) in [7, 11) is 1.47. The Morgan fingerprint density at radius 1 is 1.28 bits per heavy atom. The van der Waals surface area contributed by atoms with Crippen molar-refractivity contribution in [1.29, 1.82) is 0 Å². The van der Waals surface area contributed by atoms with Crippen molar-refractivity contribution in [3.8, 4) is 6.01 Å². The van der Waals surface area contributed by atoms with Gasteiger partial charge in [-0.2, -0.15) is 15.0 Å². The van der Waals surface area contributed by atoms with Gasteiger partial charge >= 0.3 is 12.0 Å². The van der Waals surface area contributed by atoms with Crippen molar-refractivity contribution in [2.45, 2.75) is 19.8 Å². The number of hydrogen-bond acceptors (Lipinski definition) is 7. The van der Waals surface area contributed by atoms with Crippen LogP contribution in [0.2, 0.25) is 0 Å². The minimum absolute atomic E-state index is 0.106. The van der Waals surface area contributed by atoms with Crippen LogP contribution in [0.15, 0.2) is 0 Å². The molecular weight excluding hydrogens is 238 g/mol. The number of ether oxygens (including phenoxy) is 1. The Labute approximate surface area is 105 Å². The second-order valence-electron chi connectivity index (χ2n) is 3.42. The zero-order valence-electron chi connectivity index (χ0n) is 10.4. The van der Waals surface area contributed by atoms with Crippen LogP contribution in [0.4, 0.5) is 11.9 Å². The predicted octanol–water partition coefficient (Wildman–Crippen LogP) is 0.589. The number of carboxylic acids is 1. The third-order valence-corrected chi connectivity index (χ3v) is 1.98. The van der Waals surface area contributed by atoms with E-state index in [-0.39, 0.29) is 12.4 Å². The van der Waals surface area contributed by atoms with Crippen LogP contribution in [0.1, 0.15) is 19.8 Å². The van der Waals surface area contributed by atoms with Gasteiger partial charge in [0.05, 0.1) is 7.11 Å². The minimum Gasteiger partial charge on any atom is -0.481 e. The van der Waals surface area contributed by atoms with Crippen LogP contribution in [-0.4, -0.2) is 46.2 Å². The maximum atomic E-state index is 10.4. The molecule has 0 atom stereocenters. The van der Waals surface area contributed by atoms with E-state index in [0.717, 1.165) is 0 Å². The van der Waals surface area contributed by atoms with Crippen LogP contribution in [-0.2, 0) is 4.79 Å². The molecule has 0 unspecified atom stereocenters. The van der Waals surface area contributed by atoms with Crippen LogP contribution < -0.4 is 15.4 Å². The highest BCUT2D eigenvalue weighted by molar-refractivity contribution is 5.66. The van der Waals surface area contributed by atoms with Crippen LogP contribution in [0.5, 0.6) is 6.01 Å². The lowest BCUT2D eigenvalue weighted by Crippen LogP contribution is -2.11.